The van der Waals surface area contributed by atoms with Gasteiger partial charge < -0.3 is 21.5 Å². The van der Waals surface area contributed by atoms with Crippen LogP contribution in [0.25, 0.3) is 0 Å². The van der Waals surface area contributed by atoms with Gasteiger partial charge in [0.1, 0.15) is 6.04 Å². The van der Waals surface area contributed by atoms with Gasteiger partial charge in [0.25, 0.3) is 5.91 Å². The van der Waals surface area contributed by atoms with Gasteiger partial charge in [-0.1, -0.05) is 54.2 Å². The van der Waals surface area contributed by atoms with Crippen LogP contribution in [0.5, 0.6) is 0 Å². The van der Waals surface area contributed by atoms with Crippen molar-refractivity contribution in [2.75, 3.05) is 11.9 Å². The van der Waals surface area contributed by atoms with E-state index in [9.17, 15) is 19.5 Å². The quantitative estimate of drug-likeness (QED) is 0.417. The predicted molar refractivity (Wildman–Crippen MR) is 129 cm³/mol. The second kappa shape index (κ2) is 11.0. The number of nitrogens with one attached hydrogen (secondary N) is 2. The highest BCUT2D eigenvalue weighted by Crippen LogP contribution is 2.41. The number of anilines is 1. The van der Waals surface area contributed by atoms with Gasteiger partial charge in [-0.25, -0.2) is 4.79 Å². The molecule has 33 heavy (non-hydrogen) atoms. The van der Waals surface area contributed by atoms with Crippen LogP contribution >= 0.6 is 23.2 Å². The number of hydrogen-bond acceptors (Lipinski definition) is 4. The van der Waals surface area contributed by atoms with Crippen LogP contribution in [0.1, 0.15) is 48.0 Å². The van der Waals surface area contributed by atoms with Gasteiger partial charge in [0.15, 0.2) is 0 Å². The van der Waals surface area contributed by atoms with Crippen molar-refractivity contribution in [3.8, 4) is 0 Å². The zero-order valence-corrected chi connectivity index (χ0v) is 19.6. The Morgan fingerprint density at radius 2 is 1.64 bits per heavy atom. The highest BCUT2D eigenvalue weighted by molar-refractivity contribution is 6.40. The lowest BCUT2D eigenvalue weighted by Gasteiger charge is -2.29. The molecule has 0 heterocycles. The first-order valence-electron chi connectivity index (χ1n) is 10.8. The van der Waals surface area contributed by atoms with Crippen molar-refractivity contribution in [1.29, 1.82) is 0 Å². The lowest BCUT2D eigenvalue weighted by atomic mass is 9.81. The van der Waals surface area contributed by atoms with Crippen LogP contribution < -0.4 is 16.4 Å². The standard InChI is InChI=1S/C24H27Cl2N3O4/c25-17-4-3-5-18(26)20(17)21(30)28-16-8-6-15(7-9-16)14-19(22(31)32)29-23(33)24(12-13-27)10-1-2-11-24/h3-9,19H,1-2,10-14,27H2,(H,28,30)(H,29,33)(H,31,32)/t19-/m0/s1. The Labute approximate surface area is 202 Å². The number of carboxylic acid groups (broad SMARTS) is 1. The molecule has 1 aliphatic rings. The Morgan fingerprint density at radius 1 is 1.03 bits per heavy atom. The predicted octanol–water partition coefficient (Wildman–Crippen LogP) is 4.27. The number of carbonyl (C=O) groups excluding carboxylic acids is 2. The van der Waals surface area contributed by atoms with Gasteiger partial charge in [0, 0.05) is 12.1 Å². The smallest absolute Gasteiger partial charge is 0.326 e. The number of amides is 2. The molecule has 0 bridgehead atoms. The van der Waals surface area contributed by atoms with Crippen LogP contribution in [-0.4, -0.2) is 35.5 Å². The zero-order valence-electron chi connectivity index (χ0n) is 18.1. The van der Waals surface area contributed by atoms with E-state index in [0.29, 0.717) is 24.2 Å². The van der Waals surface area contributed by atoms with Gasteiger partial charge in [-0.2, -0.15) is 0 Å². The van der Waals surface area contributed by atoms with Crippen molar-refractivity contribution in [2.45, 2.75) is 44.6 Å². The third-order valence-corrected chi connectivity index (χ3v) is 6.74. The average Bonchev–Trinajstić information content (AvgIpc) is 3.24. The molecule has 0 radical (unpaired) electrons. The number of rotatable bonds is 9. The van der Waals surface area contributed by atoms with Crippen LogP contribution in [0.2, 0.25) is 10.0 Å². The molecule has 2 aromatic carbocycles. The highest BCUT2D eigenvalue weighted by atomic mass is 35.5. The molecule has 1 aliphatic carbocycles. The molecule has 7 nitrogen and oxygen atoms in total. The molecule has 0 aromatic heterocycles. The van der Waals surface area contributed by atoms with Crippen LogP contribution in [0.15, 0.2) is 42.5 Å². The number of nitrogens with two attached hydrogens (primary N) is 1. The third-order valence-electron chi connectivity index (χ3n) is 6.11. The molecule has 5 N–H and O–H groups in total. The molecule has 1 saturated carbocycles. The normalized spacial score (nSPS) is 15.6. The lowest BCUT2D eigenvalue weighted by Crippen LogP contribution is -2.49. The summed E-state index contributed by atoms with van der Waals surface area (Å²) in [5.74, 6) is -1.79. The fourth-order valence-corrected chi connectivity index (χ4v) is 4.87. The Morgan fingerprint density at radius 3 is 2.18 bits per heavy atom. The Balaban J connectivity index is 1.66. The fourth-order valence-electron chi connectivity index (χ4n) is 4.30. The van der Waals surface area contributed by atoms with E-state index in [2.05, 4.69) is 10.6 Å². The number of hydrogen-bond donors (Lipinski definition) is 4. The molecule has 1 fully saturated rings. The van der Waals surface area contributed by atoms with Crippen molar-refractivity contribution in [3.63, 3.8) is 0 Å². The van der Waals surface area contributed by atoms with E-state index in [-0.39, 0.29) is 27.9 Å². The number of benzene rings is 2. The number of aliphatic carboxylic acids is 1. The average molecular weight is 492 g/mol. The zero-order chi connectivity index (χ0) is 24.0. The Bertz CT molecular complexity index is 1000. The minimum absolute atomic E-state index is 0.115. The van der Waals surface area contributed by atoms with Gasteiger partial charge >= 0.3 is 5.97 Å². The van der Waals surface area contributed by atoms with Crippen LogP contribution in [0, 0.1) is 5.41 Å². The Kier molecular flexibility index (Phi) is 8.35. The summed E-state index contributed by atoms with van der Waals surface area (Å²) in [6.45, 7) is 0.387. The largest absolute Gasteiger partial charge is 0.480 e. The minimum atomic E-state index is -1.10. The number of carboxylic acids is 1. The second-order valence-corrected chi connectivity index (χ2v) is 9.16. The Hall–Kier alpha value is -2.61. The second-order valence-electron chi connectivity index (χ2n) is 8.34. The van der Waals surface area contributed by atoms with E-state index in [1.54, 1.807) is 42.5 Å². The molecule has 0 spiro atoms. The summed E-state index contributed by atoms with van der Waals surface area (Å²) in [6.07, 6.45) is 4.01. The van der Waals surface area contributed by atoms with Gasteiger partial charge in [-0.3, -0.25) is 9.59 Å². The first-order valence-corrected chi connectivity index (χ1v) is 11.6. The molecular weight excluding hydrogens is 465 g/mol. The monoisotopic (exact) mass is 491 g/mol. The van der Waals surface area contributed by atoms with Gasteiger partial charge in [0.2, 0.25) is 5.91 Å². The van der Waals surface area contributed by atoms with E-state index in [1.165, 1.54) is 0 Å². The van der Waals surface area contributed by atoms with E-state index in [4.69, 9.17) is 28.9 Å². The molecule has 0 saturated heterocycles. The fraction of sp³-hybridized carbons (Fsp3) is 0.375. The topological polar surface area (TPSA) is 122 Å². The summed E-state index contributed by atoms with van der Waals surface area (Å²) in [6, 6.07) is 10.5. The van der Waals surface area contributed by atoms with Crippen molar-refractivity contribution in [3.05, 3.63) is 63.6 Å². The summed E-state index contributed by atoms with van der Waals surface area (Å²) in [5.41, 5.74) is 6.52. The van der Waals surface area contributed by atoms with E-state index in [1.807, 2.05) is 0 Å². The first kappa shape index (κ1) is 25.0. The SMILES string of the molecule is NCCC1(C(=O)N[C@@H](Cc2ccc(NC(=O)c3c(Cl)cccc3Cl)cc2)C(=O)O)CCCC1. The molecule has 176 valence electrons. The van der Waals surface area contributed by atoms with E-state index >= 15 is 0 Å². The van der Waals surface area contributed by atoms with Crippen molar-refractivity contribution in [2.24, 2.45) is 11.1 Å². The third kappa shape index (κ3) is 6.05. The van der Waals surface area contributed by atoms with Crippen LogP contribution in [0.4, 0.5) is 5.69 Å². The minimum Gasteiger partial charge on any atom is -0.480 e. The van der Waals surface area contributed by atoms with E-state index < -0.39 is 23.3 Å². The van der Waals surface area contributed by atoms with Crippen molar-refractivity contribution < 1.29 is 19.5 Å². The molecular formula is C24H27Cl2N3O4. The summed E-state index contributed by atoms with van der Waals surface area (Å²) in [5, 5.41) is 15.6. The summed E-state index contributed by atoms with van der Waals surface area (Å²) < 4.78 is 0. The molecule has 0 unspecified atom stereocenters. The summed E-state index contributed by atoms with van der Waals surface area (Å²) >= 11 is 12.2. The van der Waals surface area contributed by atoms with Crippen LogP contribution in [-0.2, 0) is 16.0 Å². The number of halogens is 2. The highest BCUT2D eigenvalue weighted by Gasteiger charge is 2.41. The first-order chi connectivity index (χ1) is 15.8. The lowest BCUT2D eigenvalue weighted by molar-refractivity contribution is -0.144. The molecule has 1 atom stereocenters. The summed E-state index contributed by atoms with van der Waals surface area (Å²) in [7, 11) is 0. The maximum atomic E-state index is 12.9. The summed E-state index contributed by atoms with van der Waals surface area (Å²) in [4.78, 5) is 37.3. The van der Waals surface area contributed by atoms with Crippen molar-refractivity contribution >= 4 is 46.7 Å². The molecule has 2 aromatic rings. The van der Waals surface area contributed by atoms with Gasteiger partial charge in [-0.15, -0.1) is 0 Å². The van der Waals surface area contributed by atoms with E-state index in [0.717, 1.165) is 25.7 Å². The maximum Gasteiger partial charge on any atom is 0.326 e. The van der Waals surface area contributed by atoms with Gasteiger partial charge in [0.05, 0.1) is 21.0 Å². The van der Waals surface area contributed by atoms with Crippen molar-refractivity contribution in [1.82, 2.24) is 5.32 Å². The maximum absolute atomic E-state index is 12.9. The molecule has 3 rings (SSSR count). The molecule has 2 amide bonds. The van der Waals surface area contributed by atoms with Gasteiger partial charge in [-0.05, 0) is 55.6 Å². The van der Waals surface area contributed by atoms with Crippen LogP contribution in [0.3, 0.4) is 0 Å². The molecule has 0 aliphatic heterocycles. The molecule has 9 heteroatoms. The number of carbonyl (C=O) groups is 3.